The fourth-order valence-corrected chi connectivity index (χ4v) is 4.34. The Morgan fingerprint density at radius 2 is 1.66 bits per heavy atom. The highest BCUT2D eigenvalue weighted by Crippen LogP contribution is 2.26. The molecule has 0 atom stereocenters. The van der Waals surface area contributed by atoms with Gasteiger partial charge in [-0.2, -0.15) is 0 Å². The fraction of sp³-hybridized carbons (Fsp3) is 0.227. The Hall–Kier alpha value is -3.06. The van der Waals surface area contributed by atoms with Gasteiger partial charge in [-0.15, -0.1) is 0 Å². The number of imidazole rings is 1. The van der Waals surface area contributed by atoms with Crippen LogP contribution in [0.5, 0.6) is 0 Å². The van der Waals surface area contributed by atoms with Gasteiger partial charge in [-0.1, -0.05) is 71.9 Å². The van der Waals surface area contributed by atoms with E-state index in [0.717, 1.165) is 21.0 Å². The van der Waals surface area contributed by atoms with E-state index in [9.17, 15) is 9.59 Å². The summed E-state index contributed by atoms with van der Waals surface area (Å²) in [5, 5.41) is 0.726. The highest BCUT2D eigenvalue weighted by Gasteiger charge is 2.19. The van der Waals surface area contributed by atoms with Crippen molar-refractivity contribution < 1.29 is 0 Å². The first-order chi connectivity index (χ1) is 14.0. The van der Waals surface area contributed by atoms with Gasteiger partial charge in [0.1, 0.15) is 0 Å². The molecule has 2 aromatic heterocycles. The minimum absolute atomic E-state index is 0.325. The van der Waals surface area contributed by atoms with Gasteiger partial charge in [0.15, 0.2) is 16.3 Å². The van der Waals surface area contributed by atoms with Gasteiger partial charge in [-0.25, -0.2) is 9.78 Å². The van der Waals surface area contributed by atoms with Gasteiger partial charge in [0, 0.05) is 19.8 Å². The summed E-state index contributed by atoms with van der Waals surface area (Å²) in [6, 6.07) is 18.3. The lowest BCUT2D eigenvalue weighted by atomic mass is 10.2. The van der Waals surface area contributed by atoms with Gasteiger partial charge >= 0.3 is 5.69 Å². The molecule has 0 saturated carbocycles. The van der Waals surface area contributed by atoms with Crippen LogP contribution in [-0.2, 0) is 26.4 Å². The van der Waals surface area contributed by atoms with Crippen molar-refractivity contribution in [1.29, 1.82) is 0 Å². The molecule has 0 spiro atoms. The van der Waals surface area contributed by atoms with E-state index in [1.165, 1.54) is 22.7 Å². The molecule has 0 aliphatic heterocycles. The number of benzene rings is 2. The molecule has 0 radical (unpaired) electrons. The van der Waals surface area contributed by atoms with Crippen molar-refractivity contribution in [2.75, 3.05) is 0 Å². The van der Waals surface area contributed by atoms with Crippen LogP contribution in [0.3, 0.4) is 0 Å². The number of rotatable bonds is 5. The molecule has 2 aromatic carbocycles. The average Bonchev–Trinajstić information content (AvgIpc) is 3.08. The Labute approximate surface area is 172 Å². The highest BCUT2D eigenvalue weighted by atomic mass is 32.2. The van der Waals surface area contributed by atoms with Crippen LogP contribution >= 0.6 is 11.8 Å². The Kier molecular flexibility index (Phi) is 5.15. The van der Waals surface area contributed by atoms with E-state index in [4.69, 9.17) is 0 Å². The van der Waals surface area contributed by atoms with Gasteiger partial charge in [0.25, 0.3) is 5.56 Å². The minimum atomic E-state index is -0.373. The van der Waals surface area contributed by atoms with Crippen LogP contribution in [0.4, 0.5) is 0 Å². The third-order valence-electron chi connectivity index (χ3n) is 4.95. The van der Waals surface area contributed by atoms with Crippen LogP contribution in [-0.4, -0.2) is 18.7 Å². The van der Waals surface area contributed by atoms with Crippen molar-refractivity contribution in [3.8, 4) is 0 Å². The summed E-state index contributed by atoms with van der Waals surface area (Å²) in [6.07, 6.45) is 0. The van der Waals surface area contributed by atoms with Crippen LogP contribution < -0.4 is 11.2 Å². The smallest absolute Gasteiger partial charge is 0.309 e. The van der Waals surface area contributed by atoms with Crippen molar-refractivity contribution in [2.24, 2.45) is 14.1 Å². The zero-order chi connectivity index (χ0) is 20.5. The molecule has 2 heterocycles. The summed E-state index contributed by atoms with van der Waals surface area (Å²) in [5.74, 6) is 0.730. The number of hydrogen-bond acceptors (Lipinski definition) is 4. The summed E-state index contributed by atoms with van der Waals surface area (Å²) in [5.41, 5.74) is 3.63. The summed E-state index contributed by atoms with van der Waals surface area (Å²) < 4.78 is 4.50. The number of hydrogen-bond donors (Lipinski definition) is 0. The molecule has 4 rings (SSSR count). The Balaban J connectivity index is 1.84. The second kappa shape index (κ2) is 7.75. The number of aromatic nitrogens is 4. The van der Waals surface area contributed by atoms with Gasteiger partial charge in [0.05, 0.1) is 6.54 Å². The van der Waals surface area contributed by atoms with E-state index in [0.29, 0.717) is 17.7 Å². The number of nitrogens with zero attached hydrogens (tertiary/aromatic N) is 4. The quantitative estimate of drug-likeness (QED) is 0.478. The molecule has 4 aromatic rings. The summed E-state index contributed by atoms with van der Waals surface area (Å²) in [7, 11) is 3.16. The Bertz CT molecular complexity index is 1300. The maximum absolute atomic E-state index is 12.9. The Morgan fingerprint density at radius 1 is 0.931 bits per heavy atom. The molecular weight excluding hydrogens is 384 g/mol. The molecule has 6 nitrogen and oxygen atoms in total. The van der Waals surface area contributed by atoms with Crippen LogP contribution in [0.1, 0.15) is 16.7 Å². The lowest BCUT2D eigenvalue weighted by Gasteiger charge is -2.10. The topological polar surface area (TPSA) is 61.8 Å². The molecule has 0 aliphatic carbocycles. The normalized spacial score (nSPS) is 11.3. The van der Waals surface area contributed by atoms with E-state index in [-0.39, 0.29) is 11.2 Å². The molecule has 7 heteroatoms. The van der Waals surface area contributed by atoms with E-state index in [1.54, 1.807) is 18.8 Å². The van der Waals surface area contributed by atoms with E-state index < -0.39 is 0 Å². The van der Waals surface area contributed by atoms with Crippen LogP contribution in [0.25, 0.3) is 11.2 Å². The predicted molar refractivity (Wildman–Crippen MR) is 116 cm³/mol. The third kappa shape index (κ3) is 3.65. The Morgan fingerprint density at radius 3 is 2.38 bits per heavy atom. The molecule has 148 valence electrons. The predicted octanol–water partition coefficient (Wildman–Crippen LogP) is 3.08. The highest BCUT2D eigenvalue weighted by molar-refractivity contribution is 7.98. The molecule has 0 aliphatic rings. The van der Waals surface area contributed by atoms with Gasteiger partial charge in [-0.05, 0) is 18.1 Å². The molecule has 0 saturated heterocycles. The monoisotopic (exact) mass is 406 g/mol. The van der Waals surface area contributed by atoms with Crippen molar-refractivity contribution in [2.45, 2.75) is 24.4 Å². The van der Waals surface area contributed by atoms with E-state index in [1.807, 2.05) is 41.0 Å². The molecule has 29 heavy (non-hydrogen) atoms. The second-order valence-electron chi connectivity index (χ2n) is 7.12. The first kappa shape index (κ1) is 19.3. The van der Waals surface area contributed by atoms with Crippen molar-refractivity contribution in [1.82, 2.24) is 18.7 Å². The minimum Gasteiger partial charge on any atom is -0.309 e. The molecular formula is C22H22N4O2S. The van der Waals surface area contributed by atoms with E-state index in [2.05, 4.69) is 30.1 Å². The molecule has 0 fully saturated rings. The number of aryl methyl sites for hydroxylation is 2. The molecule has 0 unspecified atom stereocenters. The molecule has 0 bridgehead atoms. The molecule has 0 amide bonds. The van der Waals surface area contributed by atoms with Crippen molar-refractivity contribution >= 4 is 22.9 Å². The standard InChI is InChI=1S/C22H22N4O2S/c1-15-8-7-11-17(12-15)14-29-21-23-19-18(20(27)25(3)22(28)24(19)2)26(21)13-16-9-5-4-6-10-16/h4-12H,13-14H2,1-3H3. The van der Waals surface area contributed by atoms with Crippen molar-refractivity contribution in [3.63, 3.8) is 0 Å². The van der Waals surface area contributed by atoms with Gasteiger partial charge in [0.2, 0.25) is 0 Å². The lowest BCUT2D eigenvalue weighted by Crippen LogP contribution is -2.37. The average molecular weight is 407 g/mol. The van der Waals surface area contributed by atoms with Gasteiger partial charge in [-0.3, -0.25) is 13.9 Å². The SMILES string of the molecule is Cc1cccc(CSc2nc3c(c(=O)n(C)c(=O)n3C)n2Cc2ccccc2)c1. The van der Waals surface area contributed by atoms with Crippen LogP contribution in [0.2, 0.25) is 0 Å². The first-order valence-electron chi connectivity index (χ1n) is 9.34. The summed E-state index contributed by atoms with van der Waals surface area (Å²) in [4.78, 5) is 30.0. The van der Waals surface area contributed by atoms with Gasteiger partial charge < -0.3 is 4.57 Å². The van der Waals surface area contributed by atoms with Crippen LogP contribution in [0.15, 0.2) is 69.3 Å². The second-order valence-corrected chi connectivity index (χ2v) is 8.06. The third-order valence-corrected chi connectivity index (χ3v) is 5.99. The largest absolute Gasteiger partial charge is 0.332 e. The maximum Gasteiger partial charge on any atom is 0.332 e. The fourth-order valence-electron chi connectivity index (χ4n) is 3.40. The summed E-state index contributed by atoms with van der Waals surface area (Å²) >= 11 is 1.57. The molecule has 0 N–H and O–H groups in total. The maximum atomic E-state index is 12.9. The first-order valence-corrected chi connectivity index (χ1v) is 10.3. The summed E-state index contributed by atoms with van der Waals surface area (Å²) in [6.45, 7) is 2.58. The number of thioether (sulfide) groups is 1. The van der Waals surface area contributed by atoms with Crippen LogP contribution in [0, 0.1) is 6.92 Å². The number of fused-ring (bicyclic) bond motifs is 1. The lowest BCUT2D eigenvalue weighted by molar-refractivity contribution is 0.696. The van der Waals surface area contributed by atoms with E-state index >= 15 is 0 Å². The zero-order valence-corrected chi connectivity index (χ0v) is 17.4. The van der Waals surface area contributed by atoms with Crippen molar-refractivity contribution in [3.05, 3.63) is 92.1 Å². The zero-order valence-electron chi connectivity index (χ0n) is 16.6.